The summed E-state index contributed by atoms with van der Waals surface area (Å²) in [6.07, 6.45) is 12.0. The summed E-state index contributed by atoms with van der Waals surface area (Å²) in [7, 11) is 0. The summed E-state index contributed by atoms with van der Waals surface area (Å²) in [6, 6.07) is 7.86. The maximum Gasteiger partial charge on any atom is 0.156 e. The average molecular weight is 442 g/mol. The molecule has 0 radical (unpaired) electrons. The number of hydrogen-bond acceptors (Lipinski definition) is 6. The second-order valence-electron chi connectivity index (χ2n) is 8.88. The molecule has 0 unspecified atom stereocenters. The van der Waals surface area contributed by atoms with Crippen LogP contribution in [-0.2, 0) is 26.0 Å². The van der Waals surface area contributed by atoms with Crippen molar-refractivity contribution >= 4 is 11.6 Å². The van der Waals surface area contributed by atoms with E-state index in [1.165, 1.54) is 36.2 Å². The van der Waals surface area contributed by atoms with Crippen LogP contribution in [-0.4, -0.2) is 41.0 Å². The van der Waals surface area contributed by atoms with Gasteiger partial charge in [-0.05, 0) is 74.4 Å². The first-order valence-corrected chi connectivity index (χ1v) is 11.7. The van der Waals surface area contributed by atoms with Crippen molar-refractivity contribution in [2.24, 2.45) is 0 Å². The Morgan fingerprint density at radius 2 is 1.82 bits per heavy atom. The molecule has 33 heavy (non-hydrogen) atoms. The minimum atomic E-state index is -0.165. The van der Waals surface area contributed by atoms with Gasteiger partial charge in [0.1, 0.15) is 11.5 Å². The Kier molecular flexibility index (Phi) is 4.95. The van der Waals surface area contributed by atoms with Gasteiger partial charge < -0.3 is 19.1 Å². The van der Waals surface area contributed by atoms with Gasteiger partial charge in [0.2, 0.25) is 0 Å². The van der Waals surface area contributed by atoms with Crippen molar-refractivity contribution in [1.82, 2.24) is 29.3 Å². The fourth-order valence-corrected chi connectivity index (χ4v) is 5.11. The van der Waals surface area contributed by atoms with E-state index in [1.54, 1.807) is 6.33 Å². The van der Waals surface area contributed by atoms with Crippen molar-refractivity contribution < 1.29 is 5.11 Å². The molecule has 1 aliphatic heterocycles. The highest BCUT2D eigenvalue weighted by atomic mass is 16.3. The van der Waals surface area contributed by atoms with Crippen LogP contribution in [0.2, 0.25) is 0 Å². The van der Waals surface area contributed by atoms with E-state index in [0.29, 0.717) is 17.1 Å². The molecule has 168 valence electrons. The quantitative estimate of drug-likeness (QED) is 0.519. The molecule has 5 heterocycles. The molecule has 0 bridgehead atoms. The summed E-state index contributed by atoms with van der Waals surface area (Å²) in [5.41, 5.74) is 6.68. The first-order valence-electron chi connectivity index (χ1n) is 11.7. The second kappa shape index (κ2) is 8.12. The Morgan fingerprint density at radius 3 is 2.61 bits per heavy atom. The summed E-state index contributed by atoms with van der Waals surface area (Å²) in [4.78, 5) is 11.2. The Balaban J connectivity index is 1.31. The molecule has 4 aromatic heterocycles. The van der Waals surface area contributed by atoms with E-state index >= 15 is 0 Å². The smallest absolute Gasteiger partial charge is 0.156 e. The van der Waals surface area contributed by atoms with Gasteiger partial charge in [-0.25, -0.2) is 9.97 Å². The molecular weight excluding hydrogens is 414 g/mol. The van der Waals surface area contributed by atoms with Crippen molar-refractivity contribution in [3.63, 3.8) is 0 Å². The number of aryl methyl sites for hydroxylation is 3. The predicted molar refractivity (Wildman–Crippen MR) is 126 cm³/mol. The number of anilines is 2. The number of aromatic nitrogens is 6. The van der Waals surface area contributed by atoms with Crippen molar-refractivity contribution in [2.45, 2.75) is 52.2 Å². The minimum absolute atomic E-state index is 0.165. The first kappa shape index (κ1) is 20.1. The molecule has 0 fully saturated rings. The van der Waals surface area contributed by atoms with Crippen LogP contribution in [0.25, 0.3) is 17.1 Å². The lowest BCUT2D eigenvalue weighted by molar-refractivity contribution is 0.276. The maximum absolute atomic E-state index is 9.90. The second-order valence-corrected chi connectivity index (χ2v) is 8.88. The van der Waals surface area contributed by atoms with Crippen molar-refractivity contribution in [1.29, 1.82) is 0 Å². The van der Waals surface area contributed by atoms with E-state index in [1.807, 2.05) is 42.0 Å². The Bertz CT molecular complexity index is 1310. The summed E-state index contributed by atoms with van der Waals surface area (Å²) in [5.74, 6) is 2.18. The van der Waals surface area contributed by atoms with Crippen LogP contribution in [0.4, 0.5) is 11.6 Å². The van der Waals surface area contributed by atoms with E-state index in [2.05, 4.69) is 35.8 Å². The first-order chi connectivity index (χ1) is 16.2. The highest BCUT2D eigenvalue weighted by Gasteiger charge is 2.27. The molecule has 4 aromatic rings. The van der Waals surface area contributed by atoms with Crippen LogP contribution in [0.15, 0.2) is 43.0 Å². The van der Waals surface area contributed by atoms with Gasteiger partial charge in [-0.3, -0.25) is 0 Å². The lowest BCUT2D eigenvalue weighted by Crippen LogP contribution is -2.29. The van der Waals surface area contributed by atoms with Crippen molar-refractivity contribution in [3.8, 4) is 17.1 Å². The molecule has 2 aliphatic rings. The predicted octanol–water partition coefficient (Wildman–Crippen LogP) is 3.75. The van der Waals surface area contributed by atoms with Gasteiger partial charge in [0, 0.05) is 25.5 Å². The van der Waals surface area contributed by atoms with Gasteiger partial charge in [0.25, 0.3) is 0 Å². The Hall–Kier alpha value is -3.52. The fourth-order valence-electron chi connectivity index (χ4n) is 5.11. The number of hydrogen-bond donors (Lipinski definition) is 1. The molecule has 0 saturated carbocycles. The van der Waals surface area contributed by atoms with Crippen LogP contribution in [0, 0.1) is 6.92 Å². The van der Waals surface area contributed by atoms with Crippen molar-refractivity contribution in [2.75, 3.05) is 11.4 Å². The number of pyridine rings is 1. The van der Waals surface area contributed by atoms with Gasteiger partial charge in [-0.15, -0.1) is 10.2 Å². The lowest BCUT2D eigenvalue weighted by atomic mass is 9.95. The maximum atomic E-state index is 9.90. The summed E-state index contributed by atoms with van der Waals surface area (Å²) in [6.45, 7) is 3.79. The molecule has 8 heteroatoms. The van der Waals surface area contributed by atoms with Gasteiger partial charge in [-0.1, -0.05) is 0 Å². The molecular formula is C25H27N7O. The number of nitrogens with zero attached hydrogens (tertiary/aromatic N) is 7. The third kappa shape index (κ3) is 3.51. The number of aliphatic hydroxyl groups excluding tert-OH is 1. The number of rotatable bonds is 4. The zero-order valence-electron chi connectivity index (χ0n) is 18.8. The van der Waals surface area contributed by atoms with Gasteiger partial charge in [-0.2, -0.15) is 0 Å². The highest BCUT2D eigenvalue weighted by molar-refractivity contribution is 5.66. The van der Waals surface area contributed by atoms with Gasteiger partial charge >= 0.3 is 0 Å². The molecule has 0 spiro atoms. The molecule has 0 atom stereocenters. The minimum Gasteiger partial charge on any atom is -0.390 e. The SMILES string of the molecule is Cc1cn(-c2ccc(-c3ccc(N4CCCn5cc6c(c54)CCCC6)nn3)nc2CO)cn1. The van der Waals surface area contributed by atoms with E-state index in [0.717, 1.165) is 43.1 Å². The molecule has 1 aliphatic carbocycles. The van der Waals surface area contributed by atoms with Crippen LogP contribution < -0.4 is 4.90 Å². The third-order valence-corrected chi connectivity index (χ3v) is 6.68. The third-order valence-electron chi connectivity index (χ3n) is 6.68. The van der Waals surface area contributed by atoms with Crippen LogP contribution in [0.1, 0.15) is 41.8 Å². The van der Waals surface area contributed by atoms with E-state index in [4.69, 9.17) is 0 Å². The van der Waals surface area contributed by atoms with Crippen molar-refractivity contribution in [3.05, 3.63) is 65.5 Å². The zero-order valence-corrected chi connectivity index (χ0v) is 18.8. The summed E-state index contributed by atoms with van der Waals surface area (Å²) >= 11 is 0. The molecule has 0 aromatic carbocycles. The molecule has 1 N–H and O–H groups in total. The topological polar surface area (TPSA) is 84.9 Å². The van der Waals surface area contributed by atoms with E-state index < -0.39 is 0 Å². The van der Waals surface area contributed by atoms with E-state index in [-0.39, 0.29) is 6.61 Å². The Morgan fingerprint density at radius 1 is 0.939 bits per heavy atom. The molecule has 0 amide bonds. The largest absolute Gasteiger partial charge is 0.390 e. The summed E-state index contributed by atoms with van der Waals surface area (Å²) in [5, 5.41) is 19.0. The zero-order chi connectivity index (χ0) is 22.4. The number of aliphatic hydroxyl groups is 1. The van der Waals surface area contributed by atoms with Gasteiger partial charge in [0.15, 0.2) is 5.82 Å². The highest BCUT2D eigenvalue weighted by Crippen LogP contribution is 2.38. The molecule has 8 nitrogen and oxygen atoms in total. The van der Waals surface area contributed by atoms with Crippen LogP contribution in [0.3, 0.4) is 0 Å². The van der Waals surface area contributed by atoms with Crippen LogP contribution >= 0.6 is 0 Å². The fraction of sp³-hybridized carbons (Fsp3) is 0.360. The van der Waals surface area contributed by atoms with Crippen LogP contribution in [0.5, 0.6) is 0 Å². The monoisotopic (exact) mass is 441 g/mol. The molecule has 6 rings (SSSR count). The van der Waals surface area contributed by atoms with E-state index in [9.17, 15) is 5.11 Å². The number of imidazole rings is 1. The summed E-state index contributed by atoms with van der Waals surface area (Å²) < 4.78 is 4.28. The lowest BCUT2D eigenvalue weighted by Gasteiger charge is -2.31. The normalized spacial score (nSPS) is 15.4. The number of fused-ring (bicyclic) bond motifs is 3. The average Bonchev–Trinajstić information content (AvgIpc) is 3.47. The molecule has 0 saturated heterocycles. The van der Waals surface area contributed by atoms with Gasteiger partial charge in [0.05, 0.1) is 35.7 Å². The standard InChI is InChI=1S/C25H27N7O/c1-17-13-31(16-26-17)23-9-7-20(27-22(23)15-33)21-8-10-24(29-28-21)32-12-4-11-30-14-18-5-2-3-6-19(18)25(30)32/h7-10,13-14,16,33H,2-6,11-12,15H2,1H3. The Labute approximate surface area is 192 Å².